The van der Waals surface area contributed by atoms with Crippen molar-refractivity contribution in [1.29, 1.82) is 0 Å². The Morgan fingerprint density at radius 1 is 1.14 bits per heavy atom. The van der Waals surface area contributed by atoms with E-state index >= 15 is 0 Å². The highest BCUT2D eigenvalue weighted by atomic mass is 16.5. The molecule has 198 valence electrons. The highest BCUT2D eigenvalue weighted by molar-refractivity contribution is 6.23. The van der Waals surface area contributed by atoms with Crippen molar-refractivity contribution in [3.8, 4) is 0 Å². The lowest BCUT2D eigenvalue weighted by atomic mass is 9.87. The van der Waals surface area contributed by atoms with Crippen LogP contribution in [0.15, 0.2) is 58.6 Å². The van der Waals surface area contributed by atoms with Crippen molar-refractivity contribution in [3.05, 3.63) is 58.6 Å². The Morgan fingerprint density at radius 2 is 1.78 bits per heavy atom. The van der Waals surface area contributed by atoms with Crippen LogP contribution in [0.3, 0.4) is 0 Å². The Kier molecular flexibility index (Phi) is 13.2. The summed E-state index contributed by atoms with van der Waals surface area (Å²) < 4.78 is 5.27. The van der Waals surface area contributed by atoms with Crippen molar-refractivity contribution in [3.63, 3.8) is 0 Å². The van der Waals surface area contributed by atoms with Gasteiger partial charge in [0.15, 0.2) is 5.76 Å². The summed E-state index contributed by atoms with van der Waals surface area (Å²) in [5.41, 5.74) is 6.26. The molecule has 1 aliphatic heterocycles. The van der Waals surface area contributed by atoms with E-state index in [1.165, 1.54) is 18.8 Å². The molecule has 0 spiro atoms. The van der Waals surface area contributed by atoms with Crippen LogP contribution in [0.4, 0.5) is 4.79 Å². The molecule has 8 heteroatoms. The fraction of sp³-hybridized carbons (Fsp3) is 0.500. The number of nitrogens with two attached hydrogens (primary N) is 1. The van der Waals surface area contributed by atoms with E-state index in [0.29, 0.717) is 23.5 Å². The molecule has 4 N–H and O–H groups in total. The number of nitrogens with one attached hydrogen (secondary N) is 1. The lowest BCUT2D eigenvalue weighted by Gasteiger charge is -2.21. The van der Waals surface area contributed by atoms with Crippen molar-refractivity contribution >= 4 is 23.6 Å². The third-order valence-electron chi connectivity index (χ3n) is 6.11. The Labute approximate surface area is 214 Å². The molecule has 2 bridgehead atoms. The van der Waals surface area contributed by atoms with E-state index in [4.69, 9.17) is 14.6 Å². The standard InChI is InChI=1S/C27H37NO4.CH3NO2/c1-18-10-7-6-8-13-21(4)27(31)28-23-17-24(29)26(32-5)22(25(23)30)16-20(3)12-9-11-19(2)15-14-18;2-1(3)4/h6,8,13-14,17,19-20H,7,9-12,15-16H2,1-5H3,(H,28,31);2H2,(H,3,4)/b8-6-,18-14+,21-13+;. The summed E-state index contributed by atoms with van der Waals surface area (Å²) in [6.07, 6.45) is 14.4. The summed E-state index contributed by atoms with van der Waals surface area (Å²) in [5, 5.41) is 9.82. The van der Waals surface area contributed by atoms with Crippen LogP contribution in [-0.2, 0) is 19.1 Å². The second kappa shape index (κ2) is 15.5. The molecule has 0 fully saturated rings. The second-order valence-corrected chi connectivity index (χ2v) is 9.50. The molecule has 0 saturated heterocycles. The number of methoxy groups -OCH3 is 1. The highest BCUT2D eigenvalue weighted by Crippen LogP contribution is 2.28. The van der Waals surface area contributed by atoms with Crippen molar-refractivity contribution in [1.82, 2.24) is 5.32 Å². The van der Waals surface area contributed by atoms with Crippen LogP contribution in [0, 0.1) is 11.8 Å². The highest BCUT2D eigenvalue weighted by Gasteiger charge is 2.31. The SMILES string of the molecule is COC1=C2CC(C)CCCC(C)C/C=C(\C)CC/C=C\C=C(/C)C(=O)NC(=CC1=O)C2=O.NC(=O)O. The number of amides is 2. The van der Waals surface area contributed by atoms with E-state index < -0.39 is 12.0 Å². The van der Waals surface area contributed by atoms with E-state index in [0.717, 1.165) is 38.5 Å². The number of allylic oxidation sites excluding steroid dienone is 7. The molecule has 8 nitrogen and oxygen atoms in total. The molecular weight excluding hydrogens is 460 g/mol. The predicted octanol–water partition coefficient (Wildman–Crippen LogP) is 5.13. The average Bonchev–Trinajstić information content (AvgIpc) is 2.79. The minimum atomic E-state index is -1.33. The number of Topliss-reactive ketones (excluding diaryl/α,β-unsaturated/α-hetero) is 1. The van der Waals surface area contributed by atoms with Gasteiger partial charge in [0.2, 0.25) is 11.6 Å². The van der Waals surface area contributed by atoms with E-state index in [-0.39, 0.29) is 28.9 Å². The summed E-state index contributed by atoms with van der Waals surface area (Å²) in [4.78, 5) is 47.0. The molecule has 2 unspecified atom stereocenters. The third-order valence-corrected chi connectivity index (χ3v) is 6.11. The molecule has 0 aromatic heterocycles. The van der Waals surface area contributed by atoms with Crippen LogP contribution in [0.2, 0.25) is 0 Å². The molecule has 36 heavy (non-hydrogen) atoms. The van der Waals surface area contributed by atoms with Crippen molar-refractivity contribution in [2.45, 2.75) is 72.6 Å². The maximum atomic E-state index is 13.1. The fourth-order valence-corrected chi connectivity index (χ4v) is 3.98. The first kappa shape index (κ1) is 30.6. The van der Waals surface area contributed by atoms with E-state index in [1.54, 1.807) is 13.0 Å². The Morgan fingerprint density at radius 3 is 2.42 bits per heavy atom. The average molecular weight is 501 g/mol. The van der Waals surface area contributed by atoms with E-state index in [2.05, 4.69) is 37.9 Å². The van der Waals surface area contributed by atoms with Crippen molar-refractivity contribution < 1.29 is 29.0 Å². The zero-order valence-electron chi connectivity index (χ0n) is 22.1. The zero-order chi connectivity index (χ0) is 27.3. The van der Waals surface area contributed by atoms with Gasteiger partial charge in [-0.05, 0) is 51.4 Å². The summed E-state index contributed by atoms with van der Waals surface area (Å²) in [6.45, 7) is 8.24. The van der Waals surface area contributed by atoms with Crippen LogP contribution in [0.25, 0.3) is 0 Å². The van der Waals surface area contributed by atoms with Gasteiger partial charge in [-0.3, -0.25) is 14.4 Å². The quantitative estimate of drug-likeness (QED) is 0.337. The van der Waals surface area contributed by atoms with Crippen LogP contribution >= 0.6 is 0 Å². The lowest BCUT2D eigenvalue weighted by Crippen LogP contribution is -2.33. The molecule has 0 saturated carbocycles. The summed E-state index contributed by atoms with van der Waals surface area (Å²) in [6, 6.07) is 0. The zero-order valence-corrected chi connectivity index (χ0v) is 22.1. The maximum Gasteiger partial charge on any atom is 0.402 e. The largest absolute Gasteiger partial charge is 0.492 e. The predicted molar refractivity (Wildman–Crippen MR) is 140 cm³/mol. The molecule has 2 rings (SSSR count). The molecular formula is C28H40N2O6. The van der Waals surface area contributed by atoms with E-state index in [9.17, 15) is 14.4 Å². The van der Waals surface area contributed by atoms with Crippen molar-refractivity contribution in [2.24, 2.45) is 17.6 Å². The van der Waals surface area contributed by atoms with E-state index in [1.807, 2.05) is 12.2 Å². The first-order valence-corrected chi connectivity index (χ1v) is 12.3. The number of fused-ring (bicyclic) bond motifs is 2. The normalized spacial score (nSPS) is 26.6. The van der Waals surface area contributed by atoms with Gasteiger partial charge in [-0.15, -0.1) is 0 Å². The Balaban J connectivity index is 0.00000150. The Hall–Kier alpha value is -3.42. The van der Waals surface area contributed by atoms with Gasteiger partial charge in [0.05, 0.1) is 12.8 Å². The monoisotopic (exact) mass is 500 g/mol. The number of ether oxygens (including phenoxy) is 1. The molecule has 2 amide bonds. The number of primary amides is 1. The molecule has 2 aliphatic rings. The van der Waals surface area contributed by atoms with Gasteiger partial charge < -0.3 is 20.9 Å². The smallest absolute Gasteiger partial charge is 0.402 e. The van der Waals surface area contributed by atoms with Gasteiger partial charge in [-0.2, -0.15) is 0 Å². The van der Waals surface area contributed by atoms with Gasteiger partial charge in [0.25, 0.3) is 5.91 Å². The van der Waals surface area contributed by atoms with Crippen LogP contribution in [0.1, 0.15) is 72.6 Å². The number of hydrogen-bond donors (Lipinski definition) is 3. The summed E-state index contributed by atoms with van der Waals surface area (Å²) in [5.74, 6) is -0.192. The minimum absolute atomic E-state index is 0.0171. The molecule has 1 aliphatic carbocycles. The number of hydrogen-bond acceptors (Lipinski definition) is 5. The number of carboxylic acid groups (broad SMARTS) is 1. The number of rotatable bonds is 1. The van der Waals surface area contributed by atoms with Crippen LogP contribution in [-0.4, -0.2) is 35.8 Å². The molecule has 0 aromatic rings. The minimum Gasteiger partial charge on any atom is -0.492 e. The maximum absolute atomic E-state index is 13.1. The number of carbonyl (C=O) groups is 4. The van der Waals surface area contributed by atoms with Gasteiger partial charge in [-0.1, -0.05) is 63.0 Å². The molecule has 0 radical (unpaired) electrons. The first-order valence-electron chi connectivity index (χ1n) is 12.3. The lowest BCUT2D eigenvalue weighted by molar-refractivity contribution is -0.120. The number of ketones is 2. The topological polar surface area (TPSA) is 136 Å². The summed E-state index contributed by atoms with van der Waals surface area (Å²) >= 11 is 0. The van der Waals surface area contributed by atoms with Gasteiger partial charge in [0.1, 0.15) is 0 Å². The van der Waals surface area contributed by atoms with Gasteiger partial charge >= 0.3 is 6.09 Å². The van der Waals surface area contributed by atoms with Crippen molar-refractivity contribution in [2.75, 3.05) is 7.11 Å². The Bertz CT molecular complexity index is 980. The first-order chi connectivity index (χ1) is 17.0. The molecule has 0 aromatic carbocycles. The fourth-order valence-electron chi connectivity index (χ4n) is 3.98. The number of carbonyl (C=O) groups excluding carboxylic acids is 3. The van der Waals surface area contributed by atoms with Gasteiger partial charge in [-0.25, -0.2) is 4.79 Å². The second-order valence-electron chi connectivity index (χ2n) is 9.50. The van der Waals surface area contributed by atoms with Crippen LogP contribution < -0.4 is 11.1 Å². The van der Waals surface area contributed by atoms with Gasteiger partial charge in [0, 0.05) is 17.2 Å². The molecule has 1 heterocycles. The summed E-state index contributed by atoms with van der Waals surface area (Å²) in [7, 11) is 1.41. The molecule has 2 atom stereocenters. The van der Waals surface area contributed by atoms with Crippen LogP contribution in [0.5, 0.6) is 0 Å². The third kappa shape index (κ3) is 10.9.